The van der Waals surface area contributed by atoms with Crippen LogP contribution in [-0.2, 0) is 4.74 Å². The van der Waals surface area contributed by atoms with E-state index in [4.69, 9.17) is 11.6 Å². The lowest BCUT2D eigenvalue weighted by atomic mass is 10.1. The van der Waals surface area contributed by atoms with Crippen LogP contribution in [0, 0.1) is 5.41 Å². The lowest BCUT2D eigenvalue weighted by molar-refractivity contribution is -0.195. The fourth-order valence-corrected chi connectivity index (χ4v) is 0.910. The summed E-state index contributed by atoms with van der Waals surface area (Å²) in [5.74, 6) is 0. The fraction of sp³-hybridized carbons (Fsp3) is 0.833. The minimum Gasteiger partial charge on any atom is -0.453 e. The predicted molar refractivity (Wildman–Crippen MR) is 34.9 cm³/mol. The third-order valence-electron chi connectivity index (χ3n) is 1.92. The van der Waals surface area contributed by atoms with Gasteiger partial charge in [-0.15, -0.1) is 0 Å². The molecule has 1 aliphatic carbocycles. The van der Waals surface area contributed by atoms with E-state index in [0.717, 1.165) is 0 Å². The first kappa shape index (κ1) is 9.64. The van der Waals surface area contributed by atoms with Gasteiger partial charge in [0, 0.05) is 11.6 Å². The molecule has 2 nitrogen and oxygen atoms in total. The van der Waals surface area contributed by atoms with Gasteiger partial charge in [-0.3, -0.25) is 0 Å². The first-order chi connectivity index (χ1) is 5.37. The Morgan fingerprint density at radius 3 is 2.25 bits per heavy atom. The molecule has 0 amide bonds. The minimum absolute atomic E-state index is 0.0146. The summed E-state index contributed by atoms with van der Waals surface area (Å²) in [6.07, 6.45) is -4.26. The number of hydrogen-bond acceptors (Lipinski definition) is 2. The fourth-order valence-electron chi connectivity index (χ4n) is 0.855. The number of ether oxygens (including phenoxy) is 1. The van der Waals surface area contributed by atoms with Gasteiger partial charge in [-0.25, -0.2) is 4.79 Å². The van der Waals surface area contributed by atoms with Gasteiger partial charge in [0.2, 0.25) is 0 Å². The van der Waals surface area contributed by atoms with E-state index >= 15 is 0 Å². The Hall–Kier alpha value is -0.450. The lowest BCUT2D eigenvalue weighted by Crippen LogP contribution is -2.29. The van der Waals surface area contributed by atoms with Crippen molar-refractivity contribution in [2.75, 3.05) is 6.61 Å². The smallest absolute Gasteiger partial charge is 0.403 e. The molecule has 0 aromatic rings. The van der Waals surface area contributed by atoms with E-state index in [-0.39, 0.29) is 12.8 Å². The Kier molecular flexibility index (Phi) is 2.25. The minimum atomic E-state index is -4.29. The number of alkyl halides is 3. The maximum Gasteiger partial charge on any atom is 0.403 e. The number of hydrogen-bond donors (Lipinski definition) is 0. The van der Waals surface area contributed by atoms with E-state index in [2.05, 4.69) is 4.74 Å². The van der Waals surface area contributed by atoms with E-state index in [9.17, 15) is 18.0 Å². The standard InChI is InChI=1S/C6H6ClF3O2/c7-4(11)12-3-5(1-2-5)6(8,9)10/h1-3H2. The zero-order valence-electron chi connectivity index (χ0n) is 5.95. The molecule has 0 saturated heterocycles. The van der Waals surface area contributed by atoms with Crippen LogP contribution in [0.2, 0.25) is 0 Å². The number of rotatable bonds is 2. The summed E-state index contributed by atoms with van der Waals surface area (Å²) in [5.41, 5.74) is -3.00. The highest BCUT2D eigenvalue weighted by molar-refractivity contribution is 6.61. The van der Waals surface area contributed by atoms with Crippen LogP contribution in [0.15, 0.2) is 0 Å². The first-order valence-electron chi connectivity index (χ1n) is 3.26. The number of carbonyl (C=O) groups is 1. The van der Waals surface area contributed by atoms with E-state index in [1.54, 1.807) is 0 Å². The molecule has 0 radical (unpaired) electrons. The van der Waals surface area contributed by atoms with Gasteiger partial charge in [-0.2, -0.15) is 13.2 Å². The maximum atomic E-state index is 12.1. The summed E-state index contributed by atoms with van der Waals surface area (Å²) in [4.78, 5) is 10.0. The Balaban J connectivity index is 2.46. The van der Waals surface area contributed by atoms with Crippen LogP contribution in [0.1, 0.15) is 12.8 Å². The quantitative estimate of drug-likeness (QED) is 0.644. The predicted octanol–water partition coefficient (Wildman–Crippen LogP) is 2.70. The second-order valence-corrected chi connectivity index (χ2v) is 3.11. The first-order valence-corrected chi connectivity index (χ1v) is 3.64. The monoisotopic (exact) mass is 202 g/mol. The molecule has 0 atom stereocenters. The van der Waals surface area contributed by atoms with Gasteiger partial charge in [0.1, 0.15) is 12.0 Å². The van der Waals surface area contributed by atoms with Crippen molar-refractivity contribution >= 4 is 17.0 Å². The molecule has 1 saturated carbocycles. The molecule has 0 aromatic heterocycles. The second kappa shape index (κ2) is 2.80. The van der Waals surface area contributed by atoms with Gasteiger partial charge in [0.05, 0.1) is 0 Å². The third-order valence-corrected chi connectivity index (χ3v) is 2.03. The average Bonchev–Trinajstić information content (AvgIpc) is 2.60. The molecule has 1 rings (SSSR count). The van der Waals surface area contributed by atoms with Crippen LogP contribution in [-0.4, -0.2) is 18.2 Å². The van der Waals surface area contributed by atoms with Crippen LogP contribution >= 0.6 is 11.6 Å². The van der Waals surface area contributed by atoms with Crippen LogP contribution in [0.25, 0.3) is 0 Å². The molecule has 0 aliphatic heterocycles. The van der Waals surface area contributed by atoms with E-state index in [1.807, 2.05) is 0 Å². The van der Waals surface area contributed by atoms with Gasteiger partial charge in [0.25, 0.3) is 0 Å². The number of carbonyl (C=O) groups excluding carboxylic acids is 1. The van der Waals surface area contributed by atoms with Crippen molar-refractivity contribution in [1.82, 2.24) is 0 Å². The molecular formula is C6H6ClF3O2. The van der Waals surface area contributed by atoms with E-state index in [1.165, 1.54) is 0 Å². The van der Waals surface area contributed by atoms with Crippen molar-refractivity contribution in [2.45, 2.75) is 19.0 Å². The summed E-state index contributed by atoms with van der Waals surface area (Å²) < 4.78 is 40.4. The van der Waals surface area contributed by atoms with Crippen molar-refractivity contribution in [3.8, 4) is 0 Å². The van der Waals surface area contributed by atoms with E-state index in [0.29, 0.717) is 0 Å². The third kappa shape index (κ3) is 1.83. The Bertz CT molecular complexity index is 197. The molecule has 12 heavy (non-hydrogen) atoms. The van der Waals surface area contributed by atoms with Crippen molar-refractivity contribution in [3.05, 3.63) is 0 Å². The summed E-state index contributed by atoms with van der Waals surface area (Å²) in [6.45, 7) is -0.654. The maximum absolute atomic E-state index is 12.1. The molecule has 1 fully saturated rings. The van der Waals surface area contributed by atoms with Crippen LogP contribution < -0.4 is 0 Å². The summed E-state index contributed by atoms with van der Waals surface area (Å²) in [6, 6.07) is 0. The van der Waals surface area contributed by atoms with Gasteiger partial charge in [-0.05, 0) is 12.8 Å². The van der Waals surface area contributed by atoms with Gasteiger partial charge < -0.3 is 4.74 Å². The summed E-state index contributed by atoms with van der Waals surface area (Å²) in [5, 5.41) is 0. The molecule has 70 valence electrons. The van der Waals surface area contributed by atoms with Crippen LogP contribution in [0.5, 0.6) is 0 Å². The topological polar surface area (TPSA) is 26.3 Å². The molecule has 6 heteroatoms. The van der Waals surface area contributed by atoms with Crippen molar-refractivity contribution in [1.29, 1.82) is 0 Å². The largest absolute Gasteiger partial charge is 0.453 e. The van der Waals surface area contributed by atoms with Crippen molar-refractivity contribution in [2.24, 2.45) is 5.41 Å². The lowest BCUT2D eigenvalue weighted by Gasteiger charge is -2.17. The van der Waals surface area contributed by atoms with Crippen LogP contribution in [0.4, 0.5) is 18.0 Å². The SMILES string of the molecule is O=C(Cl)OCC1(C(F)(F)F)CC1. The average molecular weight is 203 g/mol. The zero-order valence-corrected chi connectivity index (χ0v) is 6.71. The molecule has 0 aromatic carbocycles. The van der Waals surface area contributed by atoms with Crippen LogP contribution in [0.3, 0.4) is 0 Å². The normalized spacial score (nSPS) is 20.3. The second-order valence-electron chi connectivity index (χ2n) is 2.80. The molecule has 0 heterocycles. The Morgan fingerprint density at radius 1 is 1.50 bits per heavy atom. The summed E-state index contributed by atoms with van der Waals surface area (Å²) in [7, 11) is 0. The van der Waals surface area contributed by atoms with E-state index < -0.39 is 23.6 Å². The molecular weight excluding hydrogens is 197 g/mol. The highest BCUT2D eigenvalue weighted by atomic mass is 35.5. The van der Waals surface area contributed by atoms with Crippen molar-refractivity contribution < 1.29 is 22.7 Å². The van der Waals surface area contributed by atoms with Gasteiger partial charge >= 0.3 is 11.6 Å². The highest BCUT2D eigenvalue weighted by Gasteiger charge is 2.64. The molecule has 0 spiro atoms. The highest BCUT2D eigenvalue weighted by Crippen LogP contribution is 2.57. The zero-order chi connectivity index (χ0) is 9.41. The molecule has 0 bridgehead atoms. The Labute approximate surface area is 71.6 Å². The summed E-state index contributed by atoms with van der Waals surface area (Å²) >= 11 is 4.73. The van der Waals surface area contributed by atoms with Gasteiger partial charge in [0.15, 0.2) is 0 Å². The van der Waals surface area contributed by atoms with Crippen molar-refractivity contribution in [3.63, 3.8) is 0 Å². The number of halogens is 4. The molecule has 1 aliphatic rings. The molecule has 0 N–H and O–H groups in total. The molecule has 0 unspecified atom stereocenters. The Morgan fingerprint density at radius 2 is 2.00 bits per heavy atom. The van der Waals surface area contributed by atoms with Gasteiger partial charge in [-0.1, -0.05) is 0 Å².